The largest absolute Gasteiger partial charge is 0.264 e. The van der Waals surface area contributed by atoms with Crippen molar-refractivity contribution in [2.75, 3.05) is 4.72 Å². The van der Waals surface area contributed by atoms with E-state index >= 15 is 0 Å². The Morgan fingerprint density at radius 3 is 2.38 bits per heavy atom. The predicted octanol–water partition coefficient (Wildman–Crippen LogP) is 2.28. The van der Waals surface area contributed by atoms with Crippen molar-refractivity contribution in [1.29, 1.82) is 10.5 Å². The third-order valence-electron chi connectivity index (χ3n) is 2.48. The molecule has 0 aliphatic rings. The smallest absolute Gasteiger partial charge is 0.263 e. The number of pyridine rings is 1. The lowest BCUT2D eigenvalue weighted by Crippen LogP contribution is -2.14. The molecule has 0 atom stereocenters. The van der Waals surface area contributed by atoms with Gasteiger partial charge in [-0.15, -0.1) is 0 Å². The van der Waals surface area contributed by atoms with E-state index < -0.39 is 10.0 Å². The van der Waals surface area contributed by atoms with Crippen LogP contribution in [0, 0.1) is 22.7 Å². The molecule has 0 spiro atoms. The topological polar surface area (TPSA) is 107 Å². The number of sulfonamides is 1. The van der Waals surface area contributed by atoms with E-state index in [0.29, 0.717) is 0 Å². The fraction of sp³-hybridized carbons (Fsp3) is 0. The number of aromatic nitrogens is 1. The summed E-state index contributed by atoms with van der Waals surface area (Å²) in [6.45, 7) is 0. The van der Waals surface area contributed by atoms with Crippen LogP contribution in [0.25, 0.3) is 0 Å². The van der Waals surface area contributed by atoms with Crippen LogP contribution in [0.1, 0.15) is 11.1 Å². The summed E-state index contributed by atoms with van der Waals surface area (Å²) in [7, 11) is -3.96. The second kappa shape index (κ2) is 5.80. The van der Waals surface area contributed by atoms with Gasteiger partial charge in [-0.05, 0) is 30.3 Å². The molecule has 0 fully saturated rings. The number of nitriles is 2. The summed E-state index contributed by atoms with van der Waals surface area (Å²) in [6.07, 6.45) is 1.32. The van der Waals surface area contributed by atoms with Gasteiger partial charge in [-0.2, -0.15) is 10.5 Å². The first kappa shape index (κ1) is 14.8. The van der Waals surface area contributed by atoms with Gasteiger partial charge in [0, 0.05) is 6.20 Å². The van der Waals surface area contributed by atoms with Crippen LogP contribution in [0.3, 0.4) is 0 Å². The van der Waals surface area contributed by atoms with Crippen molar-refractivity contribution in [3.8, 4) is 12.1 Å². The number of halogens is 1. The summed E-state index contributed by atoms with van der Waals surface area (Å²) < 4.78 is 26.7. The molecule has 1 aromatic carbocycles. The minimum Gasteiger partial charge on any atom is -0.263 e. The van der Waals surface area contributed by atoms with Crippen molar-refractivity contribution >= 4 is 27.4 Å². The average molecular weight is 319 g/mol. The lowest BCUT2D eigenvalue weighted by molar-refractivity contribution is 0.601. The molecule has 21 heavy (non-hydrogen) atoms. The zero-order chi connectivity index (χ0) is 15.5. The van der Waals surface area contributed by atoms with Crippen molar-refractivity contribution in [3.63, 3.8) is 0 Å². The van der Waals surface area contributed by atoms with E-state index in [9.17, 15) is 8.42 Å². The van der Waals surface area contributed by atoms with Gasteiger partial charge in [-0.3, -0.25) is 4.72 Å². The molecule has 0 saturated heterocycles. The van der Waals surface area contributed by atoms with Crippen LogP contribution in [0.5, 0.6) is 0 Å². The third kappa shape index (κ3) is 3.29. The predicted molar refractivity (Wildman–Crippen MR) is 75.9 cm³/mol. The molecule has 2 rings (SSSR count). The SMILES string of the molecule is N#Cc1ccnc(NS(=O)(=O)c2ccc(C#N)cc2Cl)c1. The molecule has 2 aromatic rings. The fourth-order valence-electron chi connectivity index (χ4n) is 1.54. The molecule has 0 aliphatic heterocycles. The number of nitrogens with zero attached hydrogens (tertiary/aromatic N) is 3. The Bertz CT molecular complexity index is 882. The van der Waals surface area contributed by atoms with Crippen LogP contribution in [0.4, 0.5) is 5.82 Å². The number of hydrogen-bond acceptors (Lipinski definition) is 5. The summed E-state index contributed by atoms with van der Waals surface area (Å²) >= 11 is 5.87. The molecule has 6 nitrogen and oxygen atoms in total. The van der Waals surface area contributed by atoms with Gasteiger partial charge in [0.25, 0.3) is 10.0 Å². The highest BCUT2D eigenvalue weighted by molar-refractivity contribution is 7.92. The van der Waals surface area contributed by atoms with Gasteiger partial charge in [0.05, 0.1) is 28.3 Å². The van der Waals surface area contributed by atoms with Gasteiger partial charge in [0.15, 0.2) is 0 Å². The van der Waals surface area contributed by atoms with E-state index in [4.69, 9.17) is 22.1 Å². The highest BCUT2D eigenvalue weighted by Gasteiger charge is 2.19. The molecular weight excluding hydrogens is 312 g/mol. The molecule has 0 unspecified atom stereocenters. The summed E-state index contributed by atoms with van der Waals surface area (Å²) in [6, 6.07) is 10.3. The second-order valence-corrected chi connectivity index (χ2v) is 5.96. The lowest BCUT2D eigenvalue weighted by atomic mass is 10.2. The summed E-state index contributed by atoms with van der Waals surface area (Å²) in [5, 5.41) is 17.4. The van der Waals surface area contributed by atoms with Gasteiger partial charge >= 0.3 is 0 Å². The Kier molecular flexibility index (Phi) is 4.08. The van der Waals surface area contributed by atoms with Crippen LogP contribution in [0.2, 0.25) is 5.02 Å². The molecule has 0 bridgehead atoms. The molecule has 8 heteroatoms. The van der Waals surface area contributed by atoms with Gasteiger partial charge < -0.3 is 0 Å². The Balaban J connectivity index is 2.39. The molecule has 0 aliphatic carbocycles. The van der Waals surface area contributed by atoms with Crippen molar-refractivity contribution in [1.82, 2.24) is 4.98 Å². The maximum Gasteiger partial charge on any atom is 0.264 e. The first-order valence-corrected chi connectivity index (χ1v) is 7.41. The Labute approximate surface area is 126 Å². The minimum absolute atomic E-state index is 0.00877. The number of anilines is 1. The van der Waals surface area contributed by atoms with Crippen LogP contribution < -0.4 is 4.72 Å². The average Bonchev–Trinajstić information content (AvgIpc) is 2.46. The van der Waals surface area contributed by atoms with Gasteiger partial charge in [-0.25, -0.2) is 13.4 Å². The molecule has 1 heterocycles. The molecular formula is C13H7ClN4O2S. The first-order chi connectivity index (χ1) is 9.96. The Morgan fingerprint density at radius 1 is 1.10 bits per heavy atom. The molecule has 0 saturated carbocycles. The monoisotopic (exact) mass is 318 g/mol. The zero-order valence-corrected chi connectivity index (χ0v) is 12.0. The number of benzene rings is 1. The van der Waals surface area contributed by atoms with Crippen molar-refractivity contribution < 1.29 is 8.42 Å². The fourth-order valence-corrected chi connectivity index (χ4v) is 3.08. The van der Waals surface area contributed by atoms with Gasteiger partial charge in [0.1, 0.15) is 10.7 Å². The summed E-state index contributed by atoms with van der Waals surface area (Å²) in [5.41, 5.74) is 0.525. The van der Waals surface area contributed by atoms with E-state index in [0.717, 1.165) is 0 Å². The molecule has 1 aromatic heterocycles. The number of nitrogens with one attached hydrogen (secondary N) is 1. The van der Waals surface area contributed by atoms with E-state index in [1.54, 1.807) is 0 Å². The maximum absolute atomic E-state index is 12.2. The first-order valence-electron chi connectivity index (χ1n) is 5.55. The van der Waals surface area contributed by atoms with Crippen molar-refractivity contribution in [3.05, 3.63) is 52.7 Å². The highest BCUT2D eigenvalue weighted by atomic mass is 35.5. The van der Waals surface area contributed by atoms with Crippen LogP contribution in [0.15, 0.2) is 41.4 Å². The zero-order valence-electron chi connectivity index (χ0n) is 10.4. The number of rotatable bonds is 3. The molecule has 104 valence electrons. The second-order valence-electron chi connectivity index (χ2n) is 3.90. The normalized spacial score (nSPS) is 10.4. The standard InChI is InChI=1S/C13H7ClN4O2S/c14-11-5-9(7-15)1-2-12(11)21(19,20)18-13-6-10(8-16)3-4-17-13/h1-6H,(H,17,18). The Morgan fingerprint density at radius 2 is 1.76 bits per heavy atom. The molecule has 0 radical (unpaired) electrons. The highest BCUT2D eigenvalue weighted by Crippen LogP contribution is 2.24. The van der Waals surface area contributed by atoms with Crippen LogP contribution in [-0.2, 0) is 10.0 Å². The van der Waals surface area contributed by atoms with E-state index in [1.807, 2.05) is 12.1 Å². The Hall–Kier alpha value is -2.61. The van der Waals surface area contributed by atoms with E-state index in [2.05, 4.69) is 9.71 Å². The lowest BCUT2D eigenvalue weighted by Gasteiger charge is -2.09. The summed E-state index contributed by atoms with van der Waals surface area (Å²) in [5.74, 6) is 0.00877. The third-order valence-corrected chi connectivity index (χ3v) is 4.32. The van der Waals surface area contributed by atoms with Crippen molar-refractivity contribution in [2.24, 2.45) is 0 Å². The van der Waals surface area contributed by atoms with E-state index in [1.165, 1.54) is 36.5 Å². The number of hydrogen-bond donors (Lipinski definition) is 1. The van der Waals surface area contributed by atoms with Crippen LogP contribution >= 0.6 is 11.6 Å². The van der Waals surface area contributed by atoms with Gasteiger partial charge in [-0.1, -0.05) is 11.6 Å². The molecule has 1 N–H and O–H groups in total. The van der Waals surface area contributed by atoms with Gasteiger partial charge in [0.2, 0.25) is 0 Å². The van der Waals surface area contributed by atoms with E-state index in [-0.39, 0.29) is 26.9 Å². The van der Waals surface area contributed by atoms with Crippen LogP contribution in [-0.4, -0.2) is 13.4 Å². The summed E-state index contributed by atoms with van der Waals surface area (Å²) in [4.78, 5) is 3.65. The van der Waals surface area contributed by atoms with Crippen molar-refractivity contribution in [2.45, 2.75) is 4.90 Å². The molecule has 0 amide bonds. The quantitative estimate of drug-likeness (QED) is 0.934. The minimum atomic E-state index is -3.96. The maximum atomic E-state index is 12.2.